The van der Waals surface area contributed by atoms with Crippen LogP contribution in [0.4, 0.5) is 8.78 Å². The number of hydrogen-bond acceptors (Lipinski definition) is 5. The number of morpholine rings is 1. The molecule has 0 saturated carbocycles. The summed E-state index contributed by atoms with van der Waals surface area (Å²) in [6, 6.07) is 10.7. The fourth-order valence-corrected chi connectivity index (χ4v) is 3.48. The highest BCUT2D eigenvalue weighted by molar-refractivity contribution is 5.79. The molecule has 170 valence electrons. The molecular weight excluding hydrogens is 406 g/mol. The molecular formula is C22H30F2N4O3. The van der Waals surface area contributed by atoms with Gasteiger partial charge in [0.1, 0.15) is 17.3 Å². The fourth-order valence-electron chi connectivity index (χ4n) is 3.48. The van der Waals surface area contributed by atoms with Crippen LogP contribution in [0.2, 0.25) is 0 Å². The van der Waals surface area contributed by atoms with Crippen molar-refractivity contribution < 1.29 is 22.7 Å². The van der Waals surface area contributed by atoms with Crippen LogP contribution < -0.4 is 15.4 Å². The van der Waals surface area contributed by atoms with Crippen molar-refractivity contribution in [1.29, 1.82) is 0 Å². The Morgan fingerprint density at radius 2 is 1.94 bits per heavy atom. The summed E-state index contributed by atoms with van der Waals surface area (Å²) in [5.41, 5.74) is 0.589. The molecule has 2 N–H and O–H groups in total. The van der Waals surface area contributed by atoms with Gasteiger partial charge in [-0.15, -0.1) is 0 Å². The summed E-state index contributed by atoms with van der Waals surface area (Å²) >= 11 is 0. The highest BCUT2D eigenvalue weighted by atomic mass is 19.3. The molecule has 0 radical (unpaired) electrons. The minimum absolute atomic E-state index is 0.0240. The Morgan fingerprint density at radius 3 is 2.61 bits per heavy atom. The van der Waals surface area contributed by atoms with E-state index in [0.717, 1.165) is 24.6 Å². The van der Waals surface area contributed by atoms with Gasteiger partial charge in [-0.3, -0.25) is 4.90 Å². The third kappa shape index (κ3) is 6.93. The molecule has 9 heteroatoms. The number of aliphatic imine (C=N–C) groups is 1. The lowest BCUT2D eigenvalue weighted by Gasteiger charge is -2.33. The Kier molecular flexibility index (Phi) is 8.66. The van der Waals surface area contributed by atoms with E-state index in [1.807, 2.05) is 26.0 Å². The van der Waals surface area contributed by atoms with Gasteiger partial charge in [-0.25, -0.2) is 4.99 Å². The van der Waals surface area contributed by atoms with Gasteiger partial charge in [0.05, 0.1) is 25.8 Å². The van der Waals surface area contributed by atoms with Crippen LogP contribution in [0.5, 0.6) is 5.75 Å². The average Bonchev–Trinajstić information content (AvgIpc) is 3.19. The number of para-hydroxylation sites is 1. The first-order chi connectivity index (χ1) is 15.1. The molecule has 0 aliphatic carbocycles. The Morgan fingerprint density at radius 1 is 1.16 bits per heavy atom. The number of nitrogens with one attached hydrogen (secondary N) is 2. The maximum Gasteiger partial charge on any atom is 0.387 e. The molecule has 0 spiro atoms. The van der Waals surface area contributed by atoms with E-state index in [1.165, 1.54) is 6.07 Å². The summed E-state index contributed by atoms with van der Waals surface area (Å²) in [5.74, 6) is 2.48. The Bertz CT molecular complexity index is 838. The maximum absolute atomic E-state index is 12.7. The van der Waals surface area contributed by atoms with E-state index < -0.39 is 6.61 Å². The lowest BCUT2D eigenvalue weighted by Crippen LogP contribution is -2.46. The first-order valence-electron chi connectivity index (χ1n) is 10.5. The normalized spacial score (nSPS) is 16.4. The molecule has 0 bridgehead atoms. The number of ether oxygens (including phenoxy) is 2. The first-order valence-corrected chi connectivity index (χ1v) is 10.5. The van der Waals surface area contributed by atoms with Gasteiger partial charge in [0, 0.05) is 31.7 Å². The van der Waals surface area contributed by atoms with Gasteiger partial charge in [0.15, 0.2) is 5.96 Å². The van der Waals surface area contributed by atoms with E-state index in [1.54, 1.807) is 18.2 Å². The standard InChI is InChI=1S/C22H30F2N4O3/c1-3-25-22(26-14-17-6-4-5-7-19(17)31-21(23)24)27-15-18(20-9-8-16(2)30-20)28-10-12-29-13-11-28/h4-9,18,21H,3,10-15H2,1-2H3,(H2,25,26,27). The van der Waals surface area contributed by atoms with Gasteiger partial charge in [0.2, 0.25) is 0 Å². The largest absolute Gasteiger partial charge is 0.465 e. The lowest BCUT2D eigenvalue weighted by atomic mass is 10.1. The summed E-state index contributed by atoms with van der Waals surface area (Å²) in [5, 5.41) is 6.57. The van der Waals surface area contributed by atoms with Crippen LogP contribution in [-0.2, 0) is 11.3 Å². The third-order valence-electron chi connectivity index (χ3n) is 4.98. The molecule has 0 amide bonds. The number of aryl methyl sites for hydroxylation is 1. The van der Waals surface area contributed by atoms with Crippen molar-refractivity contribution in [2.75, 3.05) is 39.4 Å². The van der Waals surface area contributed by atoms with Crippen molar-refractivity contribution in [1.82, 2.24) is 15.5 Å². The second kappa shape index (κ2) is 11.7. The van der Waals surface area contributed by atoms with Gasteiger partial charge in [-0.05, 0) is 32.0 Å². The van der Waals surface area contributed by atoms with Crippen molar-refractivity contribution in [3.8, 4) is 5.75 Å². The molecule has 1 atom stereocenters. The van der Waals surface area contributed by atoms with Crippen molar-refractivity contribution in [2.45, 2.75) is 33.0 Å². The minimum atomic E-state index is -2.87. The molecule has 1 fully saturated rings. The number of halogens is 2. The van der Waals surface area contributed by atoms with E-state index in [0.29, 0.717) is 37.8 Å². The number of guanidine groups is 1. The van der Waals surface area contributed by atoms with Crippen molar-refractivity contribution >= 4 is 5.96 Å². The quantitative estimate of drug-likeness (QED) is 0.464. The van der Waals surface area contributed by atoms with Crippen LogP contribution in [0.3, 0.4) is 0 Å². The van der Waals surface area contributed by atoms with Crippen LogP contribution in [0.1, 0.15) is 30.0 Å². The lowest BCUT2D eigenvalue weighted by molar-refractivity contribution is -0.0504. The van der Waals surface area contributed by atoms with Crippen LogP contribution in [0.25, 0.3) is 0 Å². The number of hydrogen-bond donors (Lipinski definition) is 2. The molecule has 3 rings (SSSR count). The molecule has 1 aliphatic heterocycles. The van der Waals surface area contributed by atoms with Gasteiger partial charge < -0.3 is 24.5 Å². The van der Waals surface area contributed by atoms with Crippen LogP contribution in [0.15, 0.2) is 45.8 Å². The number of rotatable bonds is 9. The highest BCUT2D eigenvalue weighted by Crippen LogP contribution is 2.24. The monoisotopic (exact) mass is 436 g/mol. The van der Waals surface area contributed by atoms with Gasteiger partial charge in [0.25, 0.3) is 0 Å². The van der Waals surface area contributed by atoms with Crippen molar-refractivity contribution in [2.24, 2.45) is 4.99 Å². The predicted octanol–water partition coefficient (Wildman–Crippen LogP) is 3.32. The molecule has 1 unspecified atom stereocenters. The Hall–Kier alpha value is -2.65. The number of alkyl halides is 2. The second-order valence-electron chi connectivity index (χ2n) is 7.17. The van der Waals surface area contributed by atoms with E-state index in [-0.39, 0.29) is 18.3 Å². The number of furan rings is 1. The molecule has 1 aliphatic rings. The van der Waals surface area contributed by atoms with E-state index in [2.05, 4.69) is 25.3 Å². The van der Waals surface area contributed by atoms with Gasteiger partial charge >= 0.3 is 6.61 Å². The van der Waals surface area contributed by atoms with Crippen LogP contribution >= 0.6 is 0 Å². The van der Waals surface area contributed by atoms with Crippen LogP contribution in [0, 0.1) is 6.92 Å². The average molecular weight is 437 g/mol. The molecule has 1 aromatic heterocycles. The zero-order valence-corrected chi connectivity index (χ0v) is 17.9. The predicted molar refractivity (Wildman–Crippen MR) is 114 cm³/mol. The van der Waals surface area contributed by atoms with Crippen LogP contribution in [-0.4, -0.2) is 56.9 Å². The highest BCUT2D eigenvalue weighted by Gasteiger charge is 2.25. The topological polar surface area (TPSA) is 71.3 Å². The number of benzene rings is 1. The van der Waals surface area contributed by atoms with E-state index in [9.17, 15) is 8.78 Å². The summed E-state index contributed by atoms with van der Waals surface area (Å²) in [6.45, 7) is 5.49. The summed E-state index contributed by atoms with van der Waals surface area (Å²) in [6.07, 6.45) is 0. The zero-order chi connectivity index (χ0) is 22.1. The van der Waals surface area contributed by atoms with Gasteiger partial charge in [-0.1, -0.05) is 18.2 Å². The van der Waals surface area contributed by atoms with Crippen molar-refractivity contribution in [3.05, 3.63) is 53.5 Å². The van der Waals surface area contributed by atoms with Crippen molar-refractivity contribution in [3.63, 3.8) is 0 Å². The fraction of sp³-hybridized carbons (Fsp3) is 0.500. The third-order valence-corrected chi connectivity index (χ3v) is 4.98. The van der Waals surface area contributed by atoms with E-state index >= 15 is 0 Å². The summed E-state index contributed by atoms with van der Waals surface area (Å²) < 4.78 is 41.3. The molecule has 1 saturated heterocycles. The molecule has 7 nitrogen and oxygen atoms in total. The SMILES string of the molecule is CCNC(=NCc1ccccc1OC(F)F)NCC(c1ccc(C)o1)N1CCOCC1. The van der Waals surface area contributed by atoms with Gasteiger partial charge in [-0.2, -0.15) is 8.78 Å². The summed E-state index contributed by atoms with van der Waals surface area (Å²) in [4.78, 5) is 6.89. The Labute approximate surface area is 181 Å². The number of nitrogens with zero attached hydrogens (tertiary/aromatic N) is 2. The smallest absolute Gasteiger partial charge is 0.387 e. The second-order valence-corrected chi connectivity index (χ2v) is 7.17. The molecule has 31 heavy (non-hydrogen) atoms. The Balaban J connectivity index is 1.70. The summed E-state index contributed by atoms with van der Waals surface area (Å²) in [7, 11) is 0. The molecule has 1 aromatic carbocycles. The molecule has 2 aromatic rings. The molecule has 2 heterocycles. The first kappa shape index (κ1) is 23.0. The van der Waals surface area contributed by atoms with E-state index in [4.69, 9.17) is 9.15 Å². The minimum Gasteiger partial charge on any atom is -0.465 e. The maximum atomic E-state index is 12.7. The zero-order valence-electron chi connectivity index (χ0n) is 17.9.